The first-order chi connectivity index (χ1) is 10.2. The maximum atomic E-state index is 12.6. The zero-order chi connectivity index (χ0) is 14.8. The second kappa shape index (κ2) is 5.90. The quantitative estimate of drug-likeness (QED) is 0.905. The molecule has 1 amide bonds. The molecule has 0 aliphatic heterocycles. The lowest BCUT2D eigenvalue weighted by Gasteiger charge is -2.29. The van der Waals surface area contributed by atoms with Crippen LogP contribution in [0.2, 0.25) is 0 Å². The fourth-order valence-corrected chi connectivity index (χ4v) is 3.55. The van der Waals surface area contributed by atoms with Gasteiger partial charge in [-0.3, -0.25) is 4.79 Å². The number of aromatic amines is 1. The summed E-state index contributed by atoms with van der Waals surface area (Å²) >= 11 is 0. The highest BCUT2D eigenvalue weighted by molar-refractivity contribution is 5.88. The van der Waals surface area contributed by atoms with E-state index in [-0.39, 0.29) is 5.91 Å². The molecule has 1 saturated carbocycles. The molecule has 2 aromatic rings. The van der Waals surface area contributed by atoms with Crippen LogP contribution in [0.4, 0.5) is 0 Å². The van der Waals surface area contributed by atoms with Crippen molar-refractivity contribution in [2.24, 2.45) is 11.7 Å². The van der Waals surface area contributed by atoms with Crippen molar-refractivity contribution in [3.8, 4) is 0 Å². The molecule has 1 aromatic heterocycles. The van der Waals surface area contributed by atoms with Crippen molar-refractivity contribution in [2.45, 2.75) is 31.7 Å². The van der Waals surface area contributed by atoms with E-state index >= 15 is 0 Å². The van der Waals surface area contributed by atoms with Gasteiger partial charge in [-0.1, -0.05) is 24.6 Å². The summed E-state index contributed by atoms with van der Waals surface area (Å²) in [6, 6.07) is 8.42. The van der Waals surface area contributed by atoms with Gasteiger partial charge in [0.05, 0.1) is 6.42 Å². The van der Waals surface area contributed by atoms with Crippen LogP contribution in [0.3, 0.4) is 0 Å². The normalized spacial score (nSPS) is 21.8. The molecule has 3 N–H and O–H groups in total. The molecule has 21 heavy (non-hydrogen) atoms. The van der Waals surface area contributed by atoms with Crippen molar-refractivity contribution >= 4 is 16.8 Å². The number of carbonyl (C=O) groups excluding carboxylic acids is 1. The largest absolute Gasteiger partial charge is 0.361 e. The number of likely N-dealkylation sites (N-methyl/N-ethyl adjacent to an activating group) is 1. The Kier molecular flexibility index (Phi) is 3.97. The molecular weight excluding hydrogens is 262 g/mol. The fourth-order valence-electron chi connectivity index (χ4n) is 3.55. The molecule has 0 saturated heterocycles. The summed E-state index contributed by atoms with van der Waals surface area (Å²) in [5.74, 6) is 0.645. The summed E-state index contributed by atoms with van der Waals surface area (Å²) in [6.07, 6.45) is 5.81. The van der Waals surface area contributed by atoms with Gasteiger partial charge in [0.25, 0.3) is 0 Å². The van der Waals surface area contributed by atoms with E-state index in [4.69, 9.17) is 5.73 Å². The molecule has 2 unspecified atom stereocenters. The van der Waals surface area contributed by atoms with E-state index in [1.807, 2.05) is 36.3 Å². The van der Waals surface area contributed by atoms with Gasteiger partial charge in [0.15, 0.2) is 0 Å². The van der Waals surface area contributed by atoms with Crippen LogP contribution in [0.25, 0.3) is 10.9 Å². The maximum absolute atomic E-state index is 12.6. The van der Waals surface area contributed by atoms with Crippen LogP contribution < -0.4 is 5.73 Å². The number of H-pyrrole nitrogens is 1. The van der Waals surface area contributed by atoms with Crippen molar-refractivity contribution in [3.05, 3.63) is 36.0 Å². The highest BCUT2D eigenvalue weighted by Crippen LogP contribution is 2.29. The van der Waals surface area contributed by atoms with Crippen LogP contribution in [0.15, 0.2) is 30.5 Å². The Morgan fingerprint density at radius 1 is 1.38 bits per heavy atom. The second-order valence-corrected chi connectivity index (χ2v) is 6.03. The Morgan fingerprint density at radius 2 is 2.19 bits per heavy atom. The van der Waals surface area contributed by atoms with Crippen LogP contribution in [0.1, 0.15) is 24.8 Å². The van der Waals surface area contributed by atoms with E-state index in [9.17, 15) is 4.79 Å². The molecule has 0 bridgehead atoms. The van der Waals surface area contributed by atoms with E-state index in [0.717, 1.165) is 29.3 Å². The summed E-state index contributed by atoms with van der Waals surface area (Å²) in [5.41, 5.74) is 7.99. The molecule has 0 spiro atoms. The predicted octanol–water partition coefficient (Wildman–Crippen LogP) is 2.30. The Bertz CT molecular complexity index is 634. The number of rotatable bonds is 4. The molecule has 0 radical (unpaired) electrons. The summed E-state index contributed by atoms with van der Waals surface area (Å²) in [6.45, 7) is 0.676. The number of amides is 1. The molecule has 1 fully saturated rings. The number of para-hydroxylation sites is 1. The average Bonchev–Trinajstić information content (AvgIpc) is 3.13. The zero-order valence-corrected chi connectivity index (χ0v) is 12.5. The van der Waals surface area contributed by atoms with Crippen LogP contribution in [-0.2, 0) is 11.2 Å². The van der Waals surface area contributed by atoms with Gasteiger partial charge in [-0.15, -0.1) is 0 Å². The van der Waals surface area contributed by atoms with Crippen molar-refractivity contribution in [1.29, 1.82) is 0 Å². The first-order valence-electron chi connectivity index (χ1n) is 7.71. The van der Waals surface area contributed by atoms with Crippen LogP contribution >= 0.6 is 0 Å². The summed E-state index contributed by atoms with van der Waals surface area (Å²) in [7, 11) is 1.93. The third kappa shape index (κ3) is 2.68. The van der Waals surface area contributed by atoms with Gasteiger partial charge in [-0.05, 0) is 36.9 Å². The minimum atomic E-state index is 0.185. The molecule has 4 heteroatoms. The molecule has 1 aliphatic carbocycles. The summed E-state index contributed by atoms with van der Waals surface area (Å²) in [4.78, 5) is 17.7. The Morgan fingerprint density at radius 3 is 3.00 bits per heavy atom. The summed E-state index contributed by atoms with van der Waals surface area (Å²) < 4.78 is 0. The monoisotopic (exact) mass is 285 g/mol. The van der Waals surface area contributed by atoms with Crippen LogP contribution in [0.5, 0.6) is 0 Å². The molecule has 1 heterocycles. The van der Waals surface area contributed by atoms with Crippen molar-refractivity contribution in [2.75, 3.05) is 13.6 Å². The van der Waals surface area contributed by atoms with Gasteiger partial charge in [-0.2, -0.15) is 0 Å². The average molecular weight is 285 g/mol. The molecule has 1 aromatic carbocycles. The van der Waals surface area contributed by atoms with E-state index in [0.29, 0.717) is 24.9 Å². The van der Waals surface area contributed by atoms with E-state index < -0.39 is 0 Å². The Labute approximate surface area is 125 Å². The summed E-state index contributed by atoms with van der Waals surface area (Å²) in [5, 5.41) is 1.14. The number of carbonyl (C=O) groups is 1. The lowest BCUT2D eigenvalue weighted by molar-refractivity contribution is -0.131. The standard InChI is InChI=1S/C17H23N3O/c1-20(16-8-4-5-12(16)10-18)17(21)9-13-11-19-15-7-3-2-6-14(13)15/h2-3,6-7,11-12,16,19H,4-5,8-10,18H2,1H3. The highest BCUT2D eigenvalue weighted by Gasteiger charge is 2.31. The number of benzene rings is 1. The number of fused-ring (bicyclic) bond motifs is 1. The zero-order valence-electron chi connectivity index (χ0n) is 12.5. The van der Waals surface area contributed by atoms with Crippen molar-refractivity contribution < 1.29 is 4.79 Å². The number of hydrogen-bond acceptors (Lipinski definition) is 2. The van der Waals surface area contributed by atoms with E-state index in [2.05, 4.69) is 11.1 Å². The smallest absolute Gasteiger partial charge is 0.227 e. The lowest BCUT2D eigenvalue weighted by atomic mass is 10.0. The Hall–Kier alpha value is -1.81. The fraction of sp³-hybridized carbons (Fsp3) is 0.471. The molecule has 4 nitrogen and oxygen atoms in total. The van der Waals surface area contributed by atoms with Crippen LogP contribution in [0, 0.1) is 5.92 Å². The minimum absolute atomic E-state index is 0.185. The highest BCUT2D eigenvalue weighted by atomic mass is 16.2. The van der Waals surface area contributed by atoms with Crippen molar-refractivity contribution in [3.63, 3.8) is 0 Å². The first-order valence-corrected chi connectivity index (χ1v) is 7.71. The lowest BCUT2D eigenvalue weighted by Crippen LogP contribution is -2.42. The van der Waals surface area contributed by atoms with Gasteiger partial charge >= 0.3 is 0 Å². The number of nitrogens with zero attached hydrogens (tertiary/aromatic N) is 1. The van der Waals surface area contributed by atoms with E-state index in [1.165, 1.54) is 6.42 Å². The predicted molar refractivity (Wildman–Crippen MR) is 85.0 cm³/mol. The topological polar surface area (TPSA) is 62.1 Å². The number of aromatic nitrogens is 1. The number of hydrogen-bond donors (Lipinski definition) is 2. The third-order valence-corrected chi connectivity index (χ3v) is 4.83. The second-order valence-electron chi connectivity index (χ2n) is 6.03. The van der Waals surface area contributed by atoms with Crippen LogP contribution in [-0.4, -0.2) is 35.4 Å². The molecule has 2 atom stereocenters. The molecule has 1 aliphatic rings. The van der Waals surface area contributed by atoms with Gasteiger partial charge in [0, 0.05) is 30.2 Å². The van der Waals surface area contributed by atoms with E-state index in [1.54, 1.807) is 0 Å². The van der Waals surface area contributed by atoms with Gasteiger partial charge in [-0.25, -0.2) is 0 Å². The van der Waals surface area contributed by atoms with Gasteiger partial charge < -0.3 is 15.6 Å². The van der Waals surface area contributed by atoms with Gasteiger partial charge in [0.2, 0.25) is 5.91 Å². The molecular formula is C17H23N3O. The molecule has 3 rings (SSSR count). The maximum Gasteiger partial charge on any atom is 0.227 e. The Balaban J connectivity index is 1.74. The number of nitrogens with two attached hydrogens (primary N) is 1. The molecule has 112 valence electrons. The van der Waals surface area contributed by atoms with Crippen molar-refractivity contribution in [1.82, 2.24) is 9.88 Å². The van der Waals surface area contributed by atoms with Gasteiger partial charge in [0.1, 0.15) is 0 Å². The number of nitrogens with one attached hydrogen (secondary N) is 1. The third-order valence-electron chi connectivity index (χ3n) is 4.83. The SMILES string of the molecule is CN(C(=O)Cc1c[nH]c2ccccc12)C1CCCC1CN. The first kappa shape index (κ1) is 14.1. The minimum Gasteiger partial charge on any atom is -0.361 e.